The monoisotopic (exact) mass is 474 g/mol. The van der Waals surface area contributed by atoms with Gasteiger partial charge >= 0.3 is 0 Å². The third-order valence-electron chi connectivity index (χ3n) is 5.00. The normalized spacial score (nSPS) is 13.6. The summed E-state index contributed by atoms with van der Waals surface area (Å²) in [5.41, 5.74) is 2.16. The molecule has 160 valence electrons. The largest absolute Gasteiger partial charge is 0.490 e. The van der Waals surface area contributed by atoms with Crippen LogP contribution in [0, 0.1) is 6.92 Å². The molecule has 7 heteroatoms. The number of halogens is 1. The van der Waals surface area contributed by atoms with Gasteiger partial charge < -0.3 is 19.7 Å². The van der Waals surface area contributed by atoms with Gasteiger partial charge in [-0.05, 0) is 75.1 Å². The summed E-state index contributed by atoms with van der Waals surface area (Å²) in [4.78, 5) is 26.9. The molecule has 2 aromatic rings. The number of likely N-dealkylation sites (tertiary alicyclic amines) is 1. The van der Waals surface area contributed by atoms with Crippen molar-refractivity contribution in [2.45, 2.75) is 33.1 Å². The lowest BCUT2D eigenvalue weighted by atomic mass is 10.1. The van der Waals surface area contributed by atoms with E-state index >= 15 is 0 Å². The van der Waals surface area contributed by atoms with Crippen LogP contribution in [-0.2, 0) is 4.79 Å². The highest BCUT2D eigenvalue weighted by atomic mass is 79.9. The molecule has 1 aliphatic rings. The zero-order valence-corrected chi connectivity index (χ0v) is 19.0. The van der Waals surface area contributed by atoms with E-state index in [1.54, 1.807) is 18.2 Å². The van der Waals surface area contributed by atoms with Crippen molar-refractivity contribution in [3.8, 4) is 11.5 Å². The summed E-state index contributed by atoms with van der Waals surface area (Å²) in [5, 5.41) is 2.92. The Hall–Kier alpha value is -2.54. The molecule has 6 nitrogen and oxygen atoms in total. The summed E-state index contributed by atoms with van der Waals surface area (Å²) in [6, 6.07) is 10.7. The number of rotatable bonds is 7. The number of nitrogens with one attached hydrogen (secondary N) is 1. The summed E-state index contributed by atoms with van der Waals surface area (Å²) < 4.78 is 12.4. The molecule has 0 unspecified atom stereocenters. The number of hydrogen-bond acceptors (Lipinski definition) is 4. The molecule has 2 amide bonds. The minimum atomic E-state index is -0.239. The topological polar surface area (TPSA) is 67.9 Å². The van der Waals surface area contributed by atoms with E-state index in [0.717, 1.165) is 41.7 Å². The van der Waals surface area contributed by atoms with Gasteiger partial charge in [0.1, 0.15) is 0 Å². The average molecular weight is 475 g/mol. The van der Waals surface area contributed by atoms with Gasteiger partial charge in [0.25, 0.3) is 11.8 Å². The van der Waals surface area contributed by atoms with Crippen molar-refractivity contribution < 1.29 is 19.1 Å². The number of anilines is 1. The fourth-order valence-electron chi connectivity index (χ4n) is 3.37. The van der Waals surface area contributed by atoms with E-state index in [9.17, 15) is 9.59 Å². The number of carbonyl (C=O) groups is 2. The molecule has 0 aliphatic carbocycles. The summed E-state index contributed by atoms with van der Waals surface area (Å²) in [7, 11) is 0. The van der Waals surface area contributed by atoms with Crippen LogP contribution >= 0.6 is 15.9 Å². The van der Waals surface area contributed by atoms with Gasteiger partial charge in [-0.2, -0.15) is 0 Å². The summed E-state index contributed by atoms with van der Waals surface area (Å²) >= 11 is 3.42. The van der Waals surface area contributed by atoms with Gasteiger partial charge in [0.2, 0.25) is 0 Å². The summed E-state index contributed by atoms with van der Waals surface area (Å²) in [6.45, 7) is 5.75. The van der Waals surface area contributed by atoms with Crippen molar-refractivity contribution in [3.05, 3.63) is 52.0 Å². The highest BCUT2D eigenvalue weighted by molar-refractivity contribution is 9.10. The first-order chi connectivity index (χ1) is 14.5. The quantitative estimate of drug-likeness (QED) is 0.625. The van der Waals surface area contributed by atoms with Crippen LogP contribution in [0.4, 0.5) is 5.69 Å². The summed E-state index contributed by atoms with van der Waals surface area (Å²) in [5.74, 6) is 0.643. The molecule has 1 N–H and O–H groups in total. The Bertz CT molecular complexity index is 910. The van der Waals surface area contributed by atoms with E-state index in [4.69, 9.17) is 9.47 Å². The second-order valence-corrected chi connectivity index (χ2v) is 8.15. The molecule has 0 spiro atoms. The van der Waals surface area contributed by atoms with Gasteiger partial charge in [-0.1, -0.05) is 15.9 Å². The second kappa shape index (κ2) is 10.5. The van der Waals surface area contributed by atoms with Crippen molar-refractivity contribution in [2.75, 3.05) is 31.6 Å². The lowest BCUT2D eigenvalue weighted by Gasteiger charge is -2.26. The average Bonchev–Trinajstić information content (AvgIpc) is 2.75. The van der Waals surface area contributed by atoms with E-state index in [-0.39, 0.29) is 18.4 Å². The number of carbonyl (C=O) groups excluding carboxylic acids is 2. The highest BCUT2D eigenvalue weighted by Gasteiger charge is 2.18. The van der Waals surface area contributed by atoms with Crippen LogP contribution in [0.25, 0.3) is 0 Å². The van der Waals surface area contributed by atoms with Crippen molar-refractivity contribution in [2.24, 2.45) is 0 Å². The van der Waals surface area contributed by atoms with Crippen LogP contribution in [-0.4, -0.2) is 43.0 Å². The second-order valence-electron chi connectivity index (χ2n) is 7.24. The number of hydrogen-bond donors (Lipinski definition) is 1. The molecule has 1 heterocycles. The Morgan fingerprint density at radius 2 is 1.80 bits per heavy atom. The van der Waals surface area contributed by atoms with Crippen LogP contribution in [0.3, 0.4) is 0 Å². The SMILES string of the molecule is CCOc1cc(C(=O)Nc2ccc(Br)cc2C)ccc1OCC(=O)N1CCCCC1. The van der Waals surface area contributed by atoms with Crippen molar-refractivity contribution >= 4 is 33.4 Å². The molecule has 0 bridgehead atoms. The summed E-state index contributed by atoms with van der Waals surface area (Å²) in [6.07, 6.45) is 3.25. The molecule has 3 rings (SSSR count). The van der Waals surface area contributed by atoms with Crippen molar-refractivity contribution in [1.29, 1.82) is 0 Å². The van der Waals surface area contributed by atoms with Crippen LogP contribution in [0.1, 0.15) is 42.1 Å². The van der Waals surface area contributed by atoms with Crippen LogP contribution in [0.15, 0.2) is 40.9 Å². The maximum absolute atomic E-state index is 12.7. The Morgan fingerprint density at radius 1 is 1.03 bits per heavy atom. The van der Waals surface area contributed by atoms with Crippen LogP contribution in [0.5, 0.6) is 11.5 Å². The number of benzene rings is 2. The Kier molecular flexibility index (Phi) is 7.74. The minimum Gasteiger partial charge on any atom is -0.490 e. The zero-order chi connectivity index (χ0) is 21.5. The van der Waals surface area contributed by atoms with Gasteiger partial charge in [-0.25, -0.2) is 0 Å². The number of piperidine rings is 1. The Balaban J connectivity index is 1.69. The number of amides is 2. The minimum absolute atomic E-state index is 0.0234. The molecular formula is C23H27BrN2O4. The van der Waals surface area contributed by atoms with E-state index in [2.05, 4.69) is 21.2 Å². The van der Waals surface area contributed by atoms with E-state index in [0.29, 0.717) is 23.7 Å². The Labute approximate surface area is 185 Å². The van der Waals surface area contributed by atoms with E-state index in [1.807, 2.05) is 36.9 Å². The lowest BCUT2D eigenvalue weighted by Crippen LogP contribution is -2.38. The molecular weight excluding hydrogens is 448 g/mol. The maximum Gasteiger partial charge on any atom is 0.260 e. The third kappa shape index (κ3) is 5.75. The molecule has 0 saturated carbocycles. The van der Waals surface area contributed by atoms with Gasteiger partial charge in [0.15, 0.2) is 18.1 Å². The van der Waals surface area contributed by atoms with Crippen LogP contribution < -0.4 is 14.8 Å². The standard InChI is InChI=1S/C23H27BrN2O4/c1-3-29-21-14-17(23(28)25-19-9-8-18(24)13-16(19)2)7-10-20(21)30-15-22(27)26-11-5-4-6-12-26/h7-10,13-14H,3-6,11-12,15H2,1-2H3,(H,25,28). The molecule has 0 aromatic heterocycles. The molecule has 30 heavy (non-hydrogen) atoms. The number of nitrogens with zero attached hydrogens (tertiary/aromatic N) is 1. The third-order valence-corrected chi connectivity index (χ3v) is 5.50. The van der Waals surface area contributed by atoms with E-state index in [1.165, 1.54) is 6.42 Å². The van der Waals surface area contributed by atoms with Gasteiger partial charge in [0, 0.05) is 28.8 Å². The molecule has 2 aromatic carbocycles. The molecule has 0 radical (unpaired) electrons. The maximum atomic E-state index is 12.7. The van der Waals surface area contributed by atoms with E-state index < -0.39 is 0 Å². The van der Waals surface area contributed by atoms with Gasteiger partial charge in [0.05, 0.1) is 6.61 Å². The smallest absolute Gasteiger partial charge is 0.260 e. The fraction of sp³-hybridized carbons (Fsp3) is 0.391. The first-order valence-electron chi connectivity index (χ1n) is 10.2. The zero-order valence-electron chi connectivity index (χ0n) is 17.4. The first-order valence-corrected chi connectivity index (χ1v) is 11.0. The first kappa shape index (κ1) is 22.2. The fourth-order valence-corrected chi connectivity index (χ4v) is 3.85. The molecule has 1 saturated heterocycles. The number of aryl methyl sites for hydroxylation is 1. The van der Waals surface area contributed by atoms with Gasteiger partial charge in [-0.15, -0.1) is 0 Å². The molecule has 1 fully saturated rings. The predicted octanol–water partition coefficient (Wildman–Crippen LogP) is 4.80. The predicted molar refractivity (Wildman–Crippen MR) is 120 cm³/mol. The van der Waals surface area contributed by atoms with Crippen molar-refractivity contribution in [1.82, 2.24) is 4.90 Å². The number of ether oxygens (including phenoxy) is 2. The van der Waals surface area contributed by atoms with Crippen LogP contribution in [0.2, 0.25) is 0 Å². The molecule has 1 aliphatic heterocycles. The lowest BCUT2D eigenvalue weighted by molar-refractivity contribution is -0.134. The van der Waals surface area contributed by atoms with Gasteiger partial charge in [-0.3, -0.25) is 9.59 Å². The highest BCUT2D eigenvalue weighted by Crippen LogP contribution is 2.29. The Morgan fingerprint density at radius 3 is 2.50 bits per heavy atom. The molecule has 0 atom stereocenters. The van der Waals surface area contributed by atoms with Crippen molar-refractivity contribution in [3.63, 3.8) is 0 Å².